The van der Waals surface area contributed by atoms with Gasteiger partial charge in [0, 0.05) is 11.6 Å². The largest absolute Gasteiger partial charge is 0.504 e. The van der Waals surface area contributed by atoms with Crippen molar-refractivity contribution in [1.29, 1.82) is 0 Å². The van der Waals surface area contributed by atoms with Crippen LogP contribution >= 0.6 is 0 Å². The highest BCUT2D eigenvalue weighted by molar-refractivity contribution is 6.25. The number of carbonyl (C=O) groups excluding carboxylic acids is 2. The zero-order chi connectivity index (χ0) is 14.9. The summed E-state index contributed by atoms with van der Waals surface area (Å²) in [6, 6.07) is 1.62. The van der Waals surface area contributed by atoms with Crippen LogP contribution in [0, 0.1) is 0 Å². The lowest BCUT2D eigenvalue weighted by molar-refractivity contribution is 0.0980. The van der Waals surface area contributed by atoms with Gasteiger partial charge in [0.15, 0.2) is 17.3 Å². The minimum atomic E-state index is -0.544. The second-order valence-corrected chi connectivity index (χ2v) is 4.74. The molecule has 1 aliphatic rings. The van der Waals surface area contributed by atoms with E-state index in [9.17, 15) is 14.7 Å². The van der Waals surface area contributed by atoms with Crippen molar-refractivity contribution < 1.29 is 19.4 Å². The number of aromatic hydroxyl groups is 1. The lowest BCUT2D eigenvalue weighted by Crippen LogP contribution is -2.22. The van der Waals surface area contributed by atoms with Crippen LogP contribution in [0.3, 0.4) is 0 Å². The molecule has 106 valence electrons. The Morgan fingerprint density at radius 3 is 2.65 bits per heavy atom. The molecule has 0 unspecified atom stereocenters. The first kappa shape index (κ1) is 14.1. The van der Waals surface area contributed by atoms with E-state index < -0.39 is 5.78 Å². The molecule has 1 aromatic carbocycles. The van der Waals surface area contributed by atoms with Crippen LogP contribution in [-0.4, -0.2) is 23.8 Å². The molecule has 0 heterocycles. The fourth-order valence-corrected chi connectivity index (χ4v) is 2.34. The van der Waals surface area contributed by atoms with Crippen molar-refractivity contribution in [1.82, 2.24) is 0 Å². The number of ketones is 2. The average Bonchev–Trinajstić information content (AvgIpc) is 2.42. The number of rotatable bonds is 4. The van der Waals surface area contributed by atoms with Crippen molar-refractivity contribution in [3.8, 4) is 11.5 Å². The summed E-state index contributed by atoms with van der Waals surface area (Å²) < 4.78 is 5.18. The van der Waals surface area contributed by atoms with Gasteiger partial charge in [0.05, 0.1) is 18.4 Å². The number of Topliss-reactive ketones (excluding diaryl/α,β-unsaturated/α-hetero) is 1. The lowest BCUT2D eigenvalue weighted by Gasteiger charge is -2.19. The first-order valence-electron chi connectivity index (χ1n) is 6.50. The van der Waals surface area contributed by atoms with Crippen molar-refractivity contribution in [3.05, 3.63) is 34.5 Å². The number of methoxy groups -OCH3 is 1. The fourth-order valence-electron chi connectivity index (χ4n) is 2.34. The summed E-state index contributed by atoms with van der Waals surface area (Å²) in [5.41, 5.74) is 6.18. The first-order valence-corrected chi connectivity index (χ1v) is 6.50. The van der Waals surface area contributed by atoms with Crippen molar-refractivity contribution in [3.63, 3.8) is 0 Å². The summed E-state index contributed by atoms with van der Waals surface area (Å²) in [4.78, 5) is 24.0. The number of phenols is 1. The Morgan fingerprint density at radius 1 is 1.35 bits per heavy atom. The van der Waals surface area contributed by atoms with E-state index in [2.05, 4.69) is 0 Å². The molecule has 3 N–H and O–H groups in total. The number of phenolic OH excluding ortho intramolecular Hbond substituents is 1. The van der Waals surface area contributed by atoms with E-state index >= 15 is 0 Å². The van der Waals surface area contributed by atoms with Crippen LogP contribution < -0.4 is 10.5 Å². The molecule has 0 saturated heterocycles. The van der Waals surface area contributed by atoms with Gasteiger partial charge < -0.3 is 15.6 Å². The van der Waals surface area contributed by atoms with Crippen LogP contribution in [0.1, 0.15) is 46.0 Å². The normalized spacial score (nSPS) is 14.0. The number of aryl methyl sites for hydroxylation is 1. The Bertz CT molecular complexity index is 617. The summed E-state index contributed by atoms with van der Waals surface area (Å²) >= 11 is 0. The van der Waals surface area contributed by atoms with Crippen molar-refractivity contribution in [2.24, 2.45) is 5.73 Å². The topological polar surface area (TPSA) is 89.6 Å². The van der Waals surface area contributed by atoms with Crippen LogP contribution in [0.5, 0.6) is 11.5 Å². The van der Waals surface area contributed by atoms with E-state index in [1.165, 1.54) is 7.11 Å². The summed E-state index contributed by atoms with van der Waals surface area (Å²) in [6.07, 6.45) is 3.64. The number of carbonyl (C=O) groups is 2. The van der Waals surface area contributed by atoms with Crippen LogP contribution in [0.25, 0.3) is 0 Å². The Balaban J connectivity index is 2.64. The van der Waals surface area contributed by atoms with Gasteiger partial charge in [-0.3, -0.25) is 9.59 Å². The molecule has 0 aromatic heterocycles. The highest BCUT2D eigenvalue weighted by atomic mass is 16.5. The molecule has 1 aromatic rings. The van der Waals surface area contributed by atoms with E-state index in [4.69, 9.17) is 10.5 Å². The van der Waals surface area contributed by atoms with Gasteiger partial charge in [-0.1, -0.05) is 13.3 Å². The van der Waals surface area contributed by atoms with Crippen molar-refractivity contribution >= 4 is 11.6 Å². The van der Waals surface area contributed by atoms with E-state index in [1.54, 1.807) is 6.07 Å². The SMILES string of the molecule is CCCCc1cc2c(c(O)c1OC)C(=O)C(N)=CC2=O. The molecule has 0 spiro atoms. The molecular weight excluding hydrogens is 258 g/mol. The third-order valence-electron chi connectivity index (χ3n) is 3.38. The highest BCUT2D eigenvalue weighted by Crippen LogP contribution is 2.39. The lowest BCUT2D eigenvalue weighted by atomic mass is 9.88. The van der Waals surface area contributed by atoms with Crippen LogP contribution in [0.2, 0.25) is 0 Å². The molecule has 0 radical (unpaired) electrons. The zero-order valence-electron chi connectivity index (χ0n) is 11.5. The minimum Gasteiger partial charge on any atom is -0.504 e. The highest BCUT2D eigenvalue weighted by Gasteiger charge is 2.30. The summed E-state index contributed by atoms with van der Waals surface area (Å²) in [5.74, 6) is -0.969. The molecule has 0 saturated carbocycles. The molecule has 2 rings (SSSR count). The van der Waals surface area contributed by atoms with Crippen molar-refractivity contribution in [2.75, 3.05) is 7.11 Å². The van der Waals surface area contributed by atoms with Gasteiger partial charge in [0.1, 0.15) is 0 Å². The number of fused-ring (bicyclic) bond motifs is 1. The predicted octanol–water partition coefficient (Wildman–Crippen LogP) is 1.96. The second kappa shape index (κ2) is 5.36. The second-order valence-electron chi connectivity index (χ2n) is 4.74. The molecule has 1 aliphatic carbocycles. The quantitative estimate of drug-likeness (QED) is 0.876. The van der Waals surface area contributed by atoms with Crippen molar-refractivity contribution in [2.45, 2.75) is 26.2 Å². The maximum absolute atomic E-state index is 12.0. The predicted molar refractivity (Wildman–Crippen MR) is 74.2 cm³/mol. The molecule has 5 heteroatoms. The molecular formula is C15H17NO4. The number of hydrogen-bond donors (Lipinski definition) is 2. The third kappa shape index (κ3) is 2.15. The molecule has 0 fully saturated rings. The fraction of sp³-hybridized carbons (Fsp3) is 0.333. The minimum absolute atomic E-state index is 0.0629. The molecule has 20 heavy (non-hydrogen) atoms. The molecule has 0 bridgehead atoms. The number of benzene rings is 1. The van der Waals surface area contributed by atoms with Gasteiger partial charge in [0.25, 0.3) is 0 Å². The maximum atomic E-state index is 12.0. The number of ether oxygens (including phenoxy) is 1. The Labute approximate surface area is 117 Å². The standard InChI is InChI=1S/C15H17NO4/c1-3-4-5-8-6-9-11(17)7-10(16)13(18)12(9)14(19)15(8)20-2/h6-7,19H,3-5,16H2,1-2H3. The van der Waals surface area contributed by atoms with Crippen LogP contribution in [0.4, 0.5) is 0 Å². The van der Waals surface area contributed by atoms with E-state index in [0.717, 1.165) is 24.5 Å². The van der Waals surface area contributed by atoms with Gasteiger partial charge in [-0.05, 0) is 24.5 Å². The molecule has 0 amide bonds. The van der Waals surface area contributed by atoms with Gasteiger partial charge in [-0.25, -0.2) is 0 Å². The smallest absolute Gasteiger partial charge is 0.213 e. The van der Waals surface area contributed by atoms with Gasteiger partial charge in [-0.15, -0.1) is 0 Å². The number of unbranched alkanes of at least 4 members (excludes halogenated alkanes) is 1. The summed E-state index contributed by atoms with van der Waals surface area (Å²) in [7, 11) is 1.42. The van der Waals surface area contributed by atoms with E-state index in [-0.39, 0.29) is 34.1 Å². The molecule has 0 atom stereocenters. The van der Waals surface area contributed by atoms with Gasteiger partial charge >= 0.3 is 0 Å². The summed E-state index contributed by atoms with van der Waals surface area (Å²) in [5, 5.41) is 10.2. The van der Waals surface area contributed by atoms with E-state index in [0.29, 0.717) is 6.42 Å². The Kier molecular flexibility index (Phi) is 3.79. The Hall–Kier alpha value is -2.30. The van der Waals surface area contributed by atoms with E-state index in [1.807, 2.05) is 6.92 Å². The van der Waals surface area contributed by atoms with Gasteiger partial charge in [0.2, 0.25) is 5.78 Å². The van der Waals surface area contributed by atoms with Crippen LogP contribution in [0.15, 0.2) is 17.8 Å². The summed E-state index contributed by atoms with van der Waals surface area (Å²) in [6.45, 7) is 2.04. The first-order chi connectivity index (χ1) is 9.51. The number of hydrogen-bond acceptors (Lipinski definition) is 5. The van der Waals surface area contributed by atoms with Crippen LogP contribution in [-0.2, 0) is 6.42 Å². The average molecular weight is 275 g/mol. The number of nitrogens with two attached hydrogens (primary N) is 1. The Morgan fingerprint density at radius 2 is 2.05 bits per heavy atom. The zero-order valence-corrected chi connectivity index (χ0v) is 11.5. The third-order valence-corrected chi connectivity index (χ3v) is 3.38. The molecule has 5 nitrogen and oxygen atoms in total. The monoisotopic (exact) mass is 275 g/mol. The maximum Gasteiger partial charge on any atom is 0.213 e. The molecule has 0 aliphatic heterocycles. The number of allylic oxidation sites excluding steroid dienone is 2. The van der Waals surface area contributed by atoms with Gasteiger partial charge in [-0.2, -0.15) is 0 Å².